The van der Waals surface area contributed by atoms with Crippen molar-refractivity contribution in [2.45, 2.75) is 4.90 Å². The van der Waals surface area contributed by atoms with E-state index in [1.165, 1.54) is 23.5 Å². The van der Waals surface area contributed by atoms with Crippen molar-refractivity contribution in [3.05, 3.63) is 90.6 Å². The number of carbonyl (C=O) groups excluding carboxylic acids is 1. The van der Waals surface area contributed by atoms with E-state index in [2.05, 4.69) is 10.3 Å². The summed E-state index contributed by atoms with van der Waals surface area (Å²) in [6.07, 6.45) is 1.66. The average Bonchev–Trinajstić information content (AvgIpc) is 2.88. The number of amides is 1. The standard InChI is InChI=1S/C26H25N3O5S/c1-29(22-8-4-9-23(18-22)34-15-14-33-2)35(31,32)24-10-3-7-21(17-24)28-26(30)20-12-11-19-6-5-13-27-25(19)16-20/h3-13,16-18H,14-15H2,1-2H3,(H,28,30). The van der Waals surface area contributed by atoms with Gasteiger partial charge in [0.15, 0.2) is 0 Å². The van der Waals surface area contributed by atoms with Crippen molar-refractivity contribution in [2.75, 3.05) is 37.0 Å². The summed E-state index contributed by atoms with van der Waals surface area (Å²) in [5, 5.41) is 3.69. The van der Waals surface area contributed by atoms with Crippen LogP contribution in [0.2, 0.25) is 0 Å². The SMILES string of the molecule is COCCOc1cccc(N(C)S(=O)(=O)c2cccc(NC(=O)c3ccc4cccnc4c3)c2)c1. The van der Waals surface area contributed by atoms with Gasteiger partial charge < -0.3 is 14.8 Å². The van der Waals surface area contributed by atoms with Crippen LogP contribution in [0.15, 0.2) is 90.0 Å². The number of aromatic nitrogens is 1. The van der Waals surface area contributed by atoms with Crippen molar-refractivity contribution < 1.29 is 22.7 Å². The summed E-state index contributed by atoms with van der Waals surface area (Å²) in [5.41, 5.74) is 1.93. The summed E-state index contributed by atoms with van der Waals surface area (Å²) in [7, 11) is -0.846. The fourth-order valence-electron chi connectivity index (χ4n) is 3.45. The van der Waals surface area contributed by atoms with E-state index in [-0.39, 0.29) is 10.8 Å². The van der Waals surface area contributed by atoms with Gasteiger partial charge in [-0.05, 0) is 48.5 Å². The van der Waals surface area contributed by atoms with E-state index in [4.69, 9.17) is 9.47 Å². The minimum Gasteiger partial charge on any atom is -0.491 e. The van der Waals surface area contributed by atoms with Crippen molar-refractivity contribution in [2.24, 2.45) is 0 Å². The number of ether oxygens (including phenoxy) is 2. The number of pyridine rings is 1. The van der Waals surface area contributed by atoms with Crippen LogP contribution < -0.4 is 14.4 Å². The smallest absolute Gasteiger partial charge is 0.264 e. The van der Waals surface area contributed by atoms with Gasteiger partial charge in [0, 0.05) is 43.1 Å². The summed E-state index contributed by atoms with van der Waals surface area (Å²) in [6, 6.07) is 21.9. The van der Waals surface area contributed by atoms with E-state index >= 15 is 0 Å². The number of hydrogen-bond acceptors (Lipinski definition) is 6. The predicted octanol–water partition coefficient (Wildman–Crippen LogP) is 4.34. The van der Waals surface area contributed by atoms with Gasteiger partial charge in [-0.3, -0.25) is 14.1 Å². The number of methoxy groups -OCH3 is 1. The normalized spacial score (nSPS) is 11.3. The average molecular weight is 492 g/mol. The van der Waals surface area contributed by atoms with Crippen LogP contribution in [0.5, 0.6) is 5.75 Å². The number of nitrogens with one attached hydrogen (secondary N) is 1. The highest BCUT2D eigenvalue weighted by Crippen LogP contribution is 2.27. The van der Waals surface area contributed by atoms with Gasteiger partial charge in [0.25, 0.3) is 15.9 Å². The van der Waals surface area contributed by atoms with Crippen molar-refractivity contribution in [3.8, 4) is 5.75 Å². The first kappa shape index (κ1) is 24.2. The van der Waals surface area contributed by atoms with E-state index in [1.54, 1.807) is 61.8 Å². The molecule has 3 aromatic carbocycles. The third-order valence-electron chi connectivity index (χ3n) is 5.36. The minimum atomic E-state index is -3.89. The van der Waals surface area contributed by atoms with Crippen molar-refractivity contribution >= 4 is 38.2 Å². The lowest BCUT2D eigenvalue weighted by Crippen LogP contribution is -2.26. The zero-order valence-corrected chi connectivity index (χ0v) is 20.2. The number of sulfonamides is 1. The molecule has 0 fully saturated rings. The number of anilines is 2. The molecule has 0 aliphatic heterocycles. The predicted molar refractivity (Wildman–Crippen MR) is 136 cm³/mol. The fourth-order valence-corrected chi connectivity index (χ4v) is 4.69. The van der Waals surface area contributed by atoms with Gasteiger partial charge in [0.05, 0.1) is 22.7 Å². The van der Waals surface area contributed by atoms with Gasteiger partial charge in [-0.25, -0.2) is 8.42 Å². The molecule has 1 N–H and O–H groups in total. The van der Waals surface area contributed by atoms with E-state index in [0.717, 1.165) is 5.39 Å². The van der Waals surface area contributed by atoms with Crippen LogP contribution in [-0.2, 0) is 14.8 Å². The lowest BCUT2D eigenvalue weighted by atomic mass is 10.1. The molecule has 1 aromatic heterocycles. The first-order valence-corrected chi connectivity index (χ1v) is 12.3. The van der Waals surface area contributed by atoms with Crippen LogP contribution in [0.1, 0.15) is 10.4 Å². The summed E-state index contributed by atoms with van der Waals surface area (Å²) in [6.45, 7) is 0.776. The molecule has 0 bridgehead atoms. The summed E-state index contributed by atoms with van der Waals surface area (Å²) < 4.78 is 38.3. The van der Waals surface area contributed by atoms with Gasteiger partial charge in [0.1, 0.15) is 12.4 Å². The molecule has 180 valence electrons. The number of hydrogen-bond donors (Lipinski definition) is 1. The lowest BCUT2D eigenvalue weighted by Gasteiger charge is -2.20. The second-order valence-electron chi connectivity index (χ2n) is 7.70. The summed E-state index contributed by atoms with van der Waals surface area (Å²) in [5.74, 6) is 0.175. The Morgan fingerprint density at radius 3 is 2.63 bits per heavy atom. The number of carbonyl (C=O) groups is 1. The molecule has 0 saturated carbocycles. The minimum absolute atomic E-state index is 0.0451. The Labute approximate surface area is 204 Å². The Morgan fingerprint density at radius 1 is 0.971 bits per heavy atom. The molecule has 0 aliphatic carbocycles. The van der Waals surface area contributed by atoms with Gasteiger partial charge in [-0.1, -0.05) is 24.3 Å². The molecule has 4 rings (SSSR count). The maximum Gasteiger partial charge on any atom is 0.264 e. The maximum absolute atomic E-state index is 13.3. The Hall–Kier alpha value is -3.95. The highest BCUT2D eigenvalue weighted by atomic mass is 32.2. The van der Waals surface area contributed by atoms with Gasteiger partial charge in [-0.15, -0.1) is 0 Å². The molecule has 35 heavy (non-hydrogen) atoms. The molecular formula is C26H25N3O5S. The van der Waals surface area contributed by atoms with Gasteiger partial charge in [-0.2, -0.15) is 0 Å². The lowest BCUT2D eigenvalue weighted by molar-refractivity contribution is 0.102. The number of rotatable bonds is 9. The third-order valence-corrected chi connectivity index (χ3v) is 7.14. The molecule has 0 saturated heterocycles. The molecule has 1 amide bonds. The van der Waals surface area contributed by atoms with Gasteiger partial charge >= 0.3 is 0 Å². The molecule has 4 aromatic rings. The number of nitrogens with zero attached hydrogens (tertiary/aromatic N) is 2. The van der Waals surface area contributed by atoms with E-state index in [0.29, 0.717) is 41.4 Å². The molecule has 0 unspecified atom stereocenters. The van der Waals surface area contributed by atoms with Crippen LogP contribution in [0.4, 0.5) is 11.4 Å². The van der Waals surface area contributed by atoms with Gasteiger partial charge in [0.2, 0.25) is 0 Å². The molecule has 9 heteroatoms. The topological polar surface area (TPSA) is 97.8 Å². The molecule has 1 heterocycles. The van der Waals surface area contributed by atoms with Crippen LogP contribution in [0.25, 0.3) is 10.9 Å². The second kappa shape index (κ2) is 10.5. The Kier molecular flexibility index (Phi) is 7.28. The summed E-state index contributed by atoms with van der Waals surface area (Å²) in [4.78, 5) is 17.1. The van der Waals surface area contributed by atoms with Crippen molar-refractivity contribution in [1.82, 2.24) is 4.98 Å². The quantitative estimate of drug-likeness (QED) is 0.350. The van der Waals surface area contributed by atoms with Crippen molar-refractivity contribution in [3.63, 3.8) is 0 Å². The fraction of sp³-hybridized carbons (Fsp3) is 0.154. The Morgan fingerprint density at radius 2 is 1.80 bits per heavy atom. The van der Waals surface area contributed by atoms with E-state index in [1.807, 2.05) is 18.2 Å². The van der Waals surface area contributed by atoms with Crippen LogP contribution in [0.3, 0.4) is 0 Å². The van der Waals surface area contributed by atoms with Crippen LogP contribution in [-0.4, -0.2) is 46.7 Å². The molecule has 8 nitrogen and oxygen atoms in total. The molecule has 0 aliphatic rings. The maximum atomic E-state index is 13.3. The number of fused-ring (bicyclic) bond motifs is 1. The highest BCUT2D eigenvalue weighted by Gasteiger charge is 2.22. The first-order valence-electron chi connectivity index (χ1n) is 10.9. The zero-order valence-electron chi connectivity index (χ0n) is 19.3. The second-order valence-corrected chi connectivity index (χ2v) is 9.67. The molecule has 0 atom stereocenters. The van der Waals surface area contributed by atoms with E-state index < -0.39 is 10.0 Å². The number of benzene rings is 3. The molecule has 0 radical (unpaired) electrons. The monoisotopic (exact) mass is 491 g/mol. The highest BCUT2D eigenvalue weighted by molar-refractivity contribution is 7.92. The Bertz CT molecular complexity index is 1460. The van der Waals surface area contributed by atoms with Crippen molar-refractivity contribution in [1.29, 1.82) is 0 Å². The first-order chi connectivity index (χ1) is 16.9. The molecular weight excluding hydrogens is 466 g/mol. The summed E-state index contributed by atoms with van der Waals surface area (Å²) >= 11 is 0. The van der Waals surface area contributed by atoms with Crippen LogP contribution in [0, 0.1) is 0 Å². The third kappa shape index (κ3) is 5.59. The van der Waals surface area contributed by atoms with E-state index in [9.17, 15) is 13.2 Å². The largest absolute Gasteiger partial charge is 0.491 e. The zero-order chi connectivity index (χ0) is 24.8. The van der Waals surface area contributed by atoms with Crippen LogP contribution >= 0.6 is 0 Å². The Balaban J connectivity index is 1.53. The molecule has 0 spiro atoms.